The van der Waals surface area contributed by atoms with Crippen molar-refractivity contribution in [3.05, 3.63) is 101 Å². The first-order valence-electron chi connectivity index (χ1n) is 11.5. The standard InChI is InChI=1S/C29H29NO6/c1-19-5-7-22(8-6-19)28(34)36-24-15-11-20(12-16-24)25(31)18-35-26(32)17-30-27(33)21-9-13-23(14-10-21)29(2,3)4/h5-16H,17-18H2,1-4H3,(H,30,33). The number of aryl methyl sites for hydroxylation is 1. The molecule has 0 aliphatic rings. The van der Waals surface area contributed by atoms with Gasteiger partial charge in [-0.25, -0.2) is 4.79 Å². The molecular formula is C29H29NO6. The summed E-state index contributed by atoms with van der Waals surface area (Å²) in [5.41, 5.74) is 3.23. The molecule has 0 unspecified atom stereocenters. The lowest BCUT2D eigenvalue weighted by atomic mass is 9.87. The van der Waals surface area contributed by atoms with Crippen LogP contribution in [0.15, 0.2) is 72.8 Å². The Labute approximate surface area is 210 Å². The topological polar surface area (TPSA) is 98.8 Å². The van der Waals surface area contributed by atoms with E-state index in [1.54, 1.807) is 24.3 Å². The van der Waals surface area contributed by atoms with Gasteiger partial charge in [-0.1, -0.05) is 50.6 Å². The van der Waals surface area contributed by atoms with Crippen LogP contribution in [0.25, 0.3) is 0 Å². The minimum absolute atomic E-state index is 0.0302. The van der Waals surface area contributed by atoms with Gasteiger partial charge in [0.25, 0.3) is 5.91 Å². The van der Waals surface area contributed by atoms with Crippen molar-refractivity contribution in [1.29, 1.82) is 0 Å². The average molecular weight is 488 g/mol. The second-order valence-corrected chi connectivity index (χ2v) is 9.37. The normalized spacial score (nSPS) is 10.9. The number of carbonyl (C=O) groups excluding carboxylic acids is 4. The molecule has 186 valence electrons. The first-order valence-corrected chi connectivity index (χ1v) is 11.5. The second-order valence-electron chi connectivity index (χ2n) is 9.37. The number of nitrogens with one attached hydrogen (secondary N) is 1. The number of ether oxygens (including phenoxy) is 2. The van der Waals surface area contributed by atoms with Gasteiger partial charge in [-0.15, -0.1) is 0 Å². The van der Waals surface area contributed by atoms with E-state index in [0.29, 0.717) is 16.7 Å². The van der Waals surface area contributed by atoms with Crippen LogP contribution in [0.1, 0.15) is 63.0 Å². The number of esters is 2. The SMILES string of the molecule is Cc1ccc(C(=O)Oc2ccc(C(=O)COC(=O)CNC(=O)c3ccc(C(C)(C)C)cc3)cc2)cc1. The monoisotopic (exact) mass is 487 g/mol. The Bertz CT molecular complexity index is 1240. The molecule has 0 saturated heterocycles. The van der Waals surface area contributed by atoms with E-state index in [9.17, 15) is 19.2 Å². The number of amides is 1. The fraction of sp³-hybridized carbons (Fsp3) is 0.241. The van der Waals surface area contributed by atoms with Crippen LogP contribution in [0.5, 0.6) is 5.75 Å². The van der Waals surface area contributed by atoms with Crippen molar-refractivity contribution in [1.82, 2.24) is 5.32 Å². The molecule has 0 fully saturated rings. The number of rotatable bonds is 8. The van der Waals surface area contributed by atoms with E-state index in [-0.39, 0.29) is 17.7 Å². The van der Waals surface area contributed by atoms with Gasteiger partial charge in [-0.2, -0.15) is 0 Å². The maximum absolute atomic E-state index is 12.3. The summed E-state index contributed by atoms with van der Waals surface area (Å²) in [5, 5.41) is 2.49. The third-order valence-corrected chi connectivity index (χ3v) is 5.44. The zero-order valence-corrected chi connectivity index (χ0v) is 20.8. The van der Waals surface area contributed by atoms with Crippen LogP contribution in [0.4, 0.5) is 0 Å². The van der Waals surface area contributed by atoms with Crippen LogP contribution in [0, 0.1) is 6.92 Å². The number of hydrogen-bond donors (Lipinski definition) is 1. The van der Waals surface area contributed by atoms with Crippen molar-refractivity contribution in [2.45, 2.75) is 33.1 Å². The van der Waals surface area contributed by atoms with E-state index >= 15 is 0 Å². The Morgan fingerprint density at radius 1 is 0.750 bits per heavy atom. The molecule has 0 aromatic heterocycles. The molecule has 0 atom stereocenters. The van der Waals surface area contributed by atoms with Crippen LogP contribution in [0.3, 0.4) is 0 Å². The molecule has 36 heavy (non-hydrogen) atoms. The molecule has 0 spiro atoms. The molecule has 0 bridgehead atoms. The summed E-state index contributed by atoms with van der Waals surface area (Å²) >= 11 is 0. The lowest BCUT2D eigenvalue weighted by Crippen LogP contribution is -2.31. The minimum Gasteiger partial charge on any atom is -0.456 e. The molecule has 3 rings (SSSR count). The van der Waals surface area contributed by atoms with E-state index in [0.717, 1.165) is 11.1 Å². The third-order valence-electron chi connectivity index (χ3n) is 5.44. The fourth-order valence-corrected chi connectivity index (χ4v) is 3.22. The van der Waals surface area contributed by atoms with Crippen molar-refractivity contribution < 1.29 is 28.7 Å². The number of ketones is 1. The van der Waals surface area contributed by atoms with Crippen molar-refractivity contribution in [2.24, 2.45) is 0 Å². The maximum Gasteiger partial charge on any atom is 0.343 e. The fourth-order valence-electron chi connectivity index (χ4n) is 3.22. The highest BCUT2D eigenvalue weighted by Gasteiger charge is 2.16. The van der Waals surface area contributed by atoms with E-state index in [2.05, 4.69) is 26.1 Å². The lowest BCUT2D eigenvalue weighted by molar-refractivity contribution is -0.141. The summed E-state index contributed by atoms with van der Waals surface area (Å²) in [5.74, 6) is -1.78. The minimum atomic E-state index is -0.730. The van der Waals surface area contributed by atoms with Crippen molar-refractivity contribution in [3.63, 3.8) is 0 Å². The highest BCUT2D eigenvalue weighted by molar-refractivity contribution is 5.99. The van der Waals surface area contributed by atoms with Gasteiger partial charge < -0.3 is 14.8 Å². The van der Waals surface area contributed by atoms with Crippen LogP contribution >= 0.6 is 0 Å². The first kappa shape index (κ1) is 26.3. The summed E-state index contributed by atoms with van der Waals surface area (Å²) in [6.07, 6.45) is 0. The molecule has 0 aliphatic heterocycles. The van der Waals surface area contributed by atoms with Crippen LogP contribution < -0.4 is 10.1 Å². The molecule has 0 heterocycles. The van der Waals surface area contributed by atoms with Crippen LogP contribution in [0.2, 0.25) is 0 Å². The summed E-state index contributed by atoms with van der Waals surface area (Å²) in [7, 11) is 0. The predicted octanol–water partition coefficient (Wildman–Crippen LogP) is 4.67. The van der Waals surface area contributed by atoms with Gasteiger partial charge in [0, 0.05) is 11.1 Å². The molecule has 0 radical (unpaired) electrons. The highest BCUT2D eigenvalue weighted by Crippen LogP contribution is 2.22. The van der Waals surface area contributed by atoms with E-state index < -0.39 is 30.2 Å². The summed E-state index contributed by atoms with van der Waals surface area (Å²) < 4.78 is 10.3. The Kier molecular flexibility index (Phi) is 8.38. The van der Waals surface area contributed by atoms with Gasteiger partial charge in [-0.05, 0) is 66.4 Å². The highest BCUT2D eigenvalue weighted by atomic mass is 16.5. The molecule has 7 nitrogen and oxygen atoms in total. The lowest BCUT2D eigenvalue weighted by Gasteiger charge is -2.19. The average Bonchev–Trinajstić information content (AvgIpc) is 2.86. The van der Waals surface area contributed by atoms with Gasteiger partial charge in [0.1, 0.15) is 12.3 Å². The molecule has 7 heteroatoms. The number of Topliss-reactive ketones (excluding diaryl/α,β-unsaturated/α-hetero) is 1. The maximum atomic E-state index is 12.3. The van der Waals surface area contributed by atoms with Crippen molar-refractivity contribution >= 4 is 23.6 Å². The quantitative estimate of drug-likeness (QED) is 0.282. The summed E-state index contributed by atoms with van der Waals surface area (Å²) in [4.78, 5) is 48.8. The molecule has 1 amide bonds. The second kappa shape index (κ2) is 11.4. The molecule has 3 aromatic rings. The largest absolute Gasteiger partial charge is 0.456 e. The van der Waals surface area contributed by atoms with E-state index in [4.69, 9.17) is 9.47 Å². The molecule has 3 aromatic carbocycles. The van der Waals surface area contributed by atoms with E-state index in [1.807, 2.05) is 31.2 Å². The number of carbonyl (C=O) groups is 4. The molecule has 0 saturated carbocycles. The molecule has 1 N–H and O–H groups in total. The van der Waals surface area contributed by atoms with Gasteiger partial charge in [0.15, 0.2) is 12.4 Å². The Morgan fingerprint density at radius 3 is 1.89 bits per heavy atom. The van der Waals surface area contributed by atoms with E-state index in [1.165, 1.54) is 24.3 Å². The van der Waals surface area contributed by atoms with Gasteiger partial charge in [0.05, 0.1) is 5.56 Å². The summed E-state index contributed by atoms with van der Waals surface area (Å²) in [6.45, 7) is 7.32. The van der Waals surface area contributed by atoms with Crippen molar-refractivity contribution in [2.75, 3.05) is 13.2 Å². The molecular weight excluding hydrogens is 458 g/mol. The zero-order valence-electron chi connectivity index (χ0n) is 20.8. The van der Waals surface area contributed by atoms with Gasteiger partial charge in [-0.3, -0.25) is 14.4 Å². The van der Waals surface area contributed by atoms with Gasteiger partial charge in [0.2, 0.25) is 0 Å². The van der Waals surface area contributed by atoms with Crippen LogP contribution in [-0.2, 0) is 14.9 Å². The zero-order chi connectivity index (χ0) is 26.3. The Balaban J connectivity index is 1.44. The first-order chi connectivity index (χ1) is 17.0. The predicted molar refractivity (Wildman–Crippen MR) is 135 cm³/mol. The summed E-state index contributed by atoms with van der Waals surface area (Å²) in [6, 6.07) is 20.1. The van der Waals surface area contributed by atoms with Crippen LogP contribution in [-0.4, -0.2) is 36.8 Å². The Morgan fingerprint density at radius 2 is 1.31 bits per heavy atom. The third kappa shape index (κ3) is 7.37. The Hall–Kier alpha value is -4.26. The van der Waals surface area contributed by atoms with Gasteiger partial charge >= 0.3 is 11.9 Å². The number of benzene rings is 3. The smallest absolute Gasteiger partial charge is 0.343 e. The number of hydrogen-bond acceptors (Lipinski definition) is 6. The molecule has 0 aliphatic carbocycles. The van der Waals surface area contributed by atoms with Crippen molar-refractivity contribution in [3.8, 4) is 5.75 Å².